The van der Waals surface area contributed by atoms with Crippen molar-refractivity contribution < 1.29 is 0 Å². The third-order valence-electron chi connectivity index (χ3n) is 5.94. The maximum atomic E-state index is 3.74. The second kappa shape index (κ2) is 5.73. The van der Waals surface area contributed by atoms with Crippen molar-refractivity contribution in [2.24, 2.45) is 23.7 Å². The molecule has 2 heteroatoms. The number of hydrogen-bond donors (Lipinski definition) is 1. The van der Waals surface area contributed by atoms with Crippen LogP contribution in [0.2, 0.25) is 0 Å². The van der Waals surface area contributed by atoms with E-state index >= 15 is 0 Å². The molecule has 4 unspecified atom stereocenters. The number of fused-ring (bicyclic) bond motifs is 2. The van der Waals surface area contributed by atoms with Gasteiger partial charge in [-0.1, -0.05) is 20.3 Å². The summed E-state index contributed by atoms with van der Waals surface area (Å²) < 4.78 is 0. The molecule has 0 aromatic carbocycles. The Kier molecular flexibility index (Phi) is 4.19. The van der Waals surface area contributed by atoms with Crippen molar-refractivity contribution in [2.45, 2.75) is 64.5 Å². The van der Waals surface area contributed by atoms with Crippen LogP contribution in [0.15, 0.2) is 0 Å². The van der Waals surface area contributed by atoms with Crippen LogP contribution in [0.5, 0.6) is 0 Å². The van der Waals surface area contributed by atoms with Crippen LogP contribution in [0.1, 0.15) is 52.4 Å². The first-order valence-corrected chi connectivity index (χ1v) is 8.57. The fourth-order valence-electron chi connectivity index (χ4n) is 4.58. The molecule has 3 fully saturated rings. The average molecular weight is 264 g/mol. The van der Waals surface area contributed by atoms with Gasteiger partial charge >= 0.3 is 0 Å². The van der Waals surface area contributed by atoms with Gasteiger partial charge in [-0.05, 0) is 62.8 Å². The van der Waals surface area contributed by atoms with E-state index in [-0.39, 0.29) is 0 Å². The van der Waals surface area contributed by atoms with Crippen LogP contribution >= 0.6 is 0 Å². The van der Waals surface area contributed by atoms with Crippen molar-refractivity contribution in [3.8, 4) is 0 Å². The molecule has 4 atom stereocenters. The number of nitrogens with zero attached hydrogens (tertiary/aromatic N) is 1. The highest BCUT2D eigenvalue weighted by Crippen LogP contribution is 2.48. The summed E-state index contributed by atoms with van der Waals surface area (Å²) in [6.07, 6.45) is 8.93. The maximum absolute atomic E-state index is 3.74. The molecule has 0 aliphatic heterocycles. The van der Waals surface area contributed by atoms with E-state index in [1.807, 2.05) is 0 Å². The smallest absolute Gasteiger partial charge is 0.0240 e. The highest BCUT2D eigenvalue weighted by atomic mass is 15.2. The molecule has 19 heavy (non-hydrogen) atoms. The van der Waals surface area contributed by atoms with Gasteiger partial charge in [0, 0.05) is 25.2 Å². The third-order valence-corrected chi connectivity index (χ3v) is 5.94. The summed E-state index contributed by atoms with van der Waals surface area (Å²) in [5.74, 6) is 3.92. The topological polar surface area (TPSA) is 15.3 Å². The molecule has 0 saturated heterocycles. The first-order valence-electron chi connectivity index (χ1n) is 8.57. The van der Waals surface area contributed by atoms with Crippen LogP contribution in [-0.2, 0) is 0 Å². The molecule has 1 N–H and O–H groups in total. The molecule has 2 nitrogen and oxygen atoms in total. The minimum absolute atomic E-state index is 0.722. The van der Waals surface area contributed by atoms with Crippen molar-refractivity contribution in [3.05, 3.63) is 0 Å². The van der Waals surface area contributed by atoms with E-state index in [9.17, 15) is 0 Å². The van der Waals surface area contributed by atoms with Gasteiger partial charge in [-0.2, -0.15) is 0 Å². The summed E-state index contributed by atoms with van der Waals surface area (Å²) in [5.41, 5.74) is 0. The van der Waals surface area contributed by atoms with Crippen molar-refractivity contribution in [2.75, 3.05) is 20.1 Å². The molecule has 110 valence electrons. The van der Waals surface area contributed by atoms with E-state index in [1.54, 1.807) is 6.42 Å². The lowest BCUT2D eigenvalue weighted by atomic mass is 9.88. The molecule has 2 bridgehead atoms. The minimum Gasteiger partial charge on any atom is -0.312 e. The fraction of sp³-hybridized carbons (Fsp3) is 1.00. The Morgan fingerprint density at radius 2 is 1.89 bits per heavy atom. The number of nitrogens with one attached hydrogen (secondary N) is 1. The Hall–Kier alpha value is -0.0800. The minimum atomic E-state index is 0.722. The highest BCUT2D eigenvalue weighted by Gasteiger charge is 2.40. The van der Waals surface area contributed by atoms with Crippen LogP contribution in [0.3, 0.4) is 0 Å². The SMILES string of the molecule is CC(C)C(CNC1CC1)N(C)CC1CC2CCC1C2. The largest absolute Gasteiger partial charge is 0.312 e. The monoisotopic (exact) mass is 264 g/mol. The zero-order valence-corrected chi connectivity index (χ0v) is 13.1. The summed E-state index contributed by atoms with van der Waals surface area (Å²) in [6, 6.07) is 1.57. The van der Waals surface area contributed by atoms with E-state index in [4.69, 9.17) is 0 Å². The molecule has 3 rings (SSSR count). The van der Waals surface area contributed by atoms with Crippen LogP contribution in [0.4, 0.5) is 0 Å². The molecule has 3 aliphatic rings. The Morgan fingerprint density at radius 3 is 2.42 bits per heavy atom. The zero-order chi connectivity index (χ0) is 13.4. The Balaban J connectivity index is 1.49. The zero-order valence-electron chi connectivity index (χ0n) is 13.1. The maximum Gasteiger partial charge on any atom is 0.0240 e. The summed E-state index contributed by atoms with van der Waals surface area (Å²) in [7, 11) is 2.37. The van der Waals surface area contributed by atoms with Gasteiger partial charge in [0.2, 0.25) is 0 Å². The van der Waals surface area contributed by atoms with E-state index < -0.39 is 0 Å². The summed E-state index contributed by atoms with van der Waals surface area (Å²) >= 11 is 0. The lowest BCUT2D eigenvalue weighted by Gasteiger charge is -2.35. The molecule has 0 spiro atoms. The Labute approximate surface area is 119 Å². The number of hydrogen-bond acceptors (Lipinski definition) is 2. The molecular weight excluding hydrogens is 232 g/mol. The van der Waals surface area contributed by atoms with Gasteiger partial charge in [0.1, 0.15) is 0 Å². The van der Waals surface area contributed by atoms with Gasteiger partial charge in [0.25, 0.3) is 0 Å². The lowest BCUT2D eigenvalue weighted by Crippen LogP contribution is -2.46. The highest BCUT2D eigenvalue weighted by molar-refractivity contribution is 4.92. The predicted octanol–water partition coefficient (Wildman–Crippen LogP) is 3.13. The Bertz CT molecular complexity index is 298. The molecule has 0 aromatic rings. The predicted molar refractivity (Wildman–Crippen MR) is 81.2 cm³/mol. The summed E-state index contributed by atoms with van der Waals surface area (Å²) in [4.78, 5) is 2.67. The van der Waals surface area contributed by atoms with Crippen LogP contribution < -0.4 is 5.32 Å². The van der Waals surface area contributed by atoms with Crippen molar-refractivity contribution in [3.63, 3.8) is 0 Å². The molecule has 0 radical (unpaired) electrons. The van der Waals surface area contributed by atoms with Gasteiger partial charge < -0.3 is 10.2 Å². The first-order chi connectivity index (χ1) is 9.13. The molecule has 0 heterocycles. The molecule has 0 amide bonds. The Morgan fingerprint density at radius 1 is 1.11 bits per heavy atom. The second-order valence-electron chi connectivity index (χ2n) is 7.87. The summed E-state index contributed by atoms with van der Waals surface area (Å²) in [6.45, 7) is 7.31. The average Bonchev–Trinajstić information content (AvgIpc) is 2.95. The van der Waals surface area contributed by atoms with Crippen LogP contribution in [-0.4, -0.2) is 37.1 Å². The van der Waals surface area contributed by atoms with Crippen molar-refractivity contribution >= 4 is 0 Å². The number of likely N-dealkylation sites (N-methyl/N-ethyl adjacent to an activating group) is 1. The molecular formula is C17H32N2. The van der Waals surface area contributed by atoms with Gasteiger partial charge in [-0.15, -0.1) is 0 Å². The van der Waals surface area contributed by atoms with Gasteiger partial charge in [-0.25, -0.2) is 0 Å². The quantitative estimate of drug-likeness (QED) is 0.760. The van der Waals surface area contributed by atoms with E-state index in [2.05, 4.69) is 31.1 Å². The molecule has 0 aromatic heterocycles. The van der Waals surface area contributed by atoms with E-state index in [0.29, 0.717) is 0 Å². The standard InChI is InChI=1S/C17H32N2/c1-12(2)17(10-18-16-6-7-16)19(3)11-15-9-13-4-5-14(15)8-13/h12-18H,4-11H2,1-3H3. The van der Waals surface area contributed by atoms with Crippen molar-refractivity contribution in [1.82, 2.24) is 10.2 Å². The van der Waals surface area contributed by atoms with Crippen LogP contribution in [0.25, 0.3) is 0 Å². The normalized spacial score (nSPS) is 35.5. The van der Waals surface area contributed by atoms with Gasteiger partial charge in [-0.3, -0.25) is 0 Å². The second-order valence-corrected chi connectivity index (χ2v) is 7.87. The fourth-order valence-corrected chi connectivity index (χ4v) is 4.58. The summed E-state index contributed by atoms with van der Waals surface area (Å²) in [5, 5.41) is 3.74. The molecule has 3 saturated carbocycles. The lowest BCUT2D eigenvalue weighted by molar-refractivity contribution is 0.139. The van der Waals surface area contributed by atoms with Crippen molar-refractivity contribution in [1.29, 1.82) is 0 Å². The first kappa shape index (κ1) is 13.9. The van der Waals surface area contributed by atoms with E-state index in [0.717, 1.165) is 35.8 Å². The third kappa shape index (κ3) is 3.33. The van der Waals surface area contributed by atoms with Gasteiger partial charge in [0.15, 0.2) is 0 Å². The number of rotatable bonds is 7. The van der Waals surface area contributed by atoms with E-state index in [1.165, 1.54) is 45.2 Å². The van der Waals surface area contributed by atoms with Crippen LogP contribution in [0, 0.1) is 23.7 Å². The molecule has 3 aliphatic carbocycles. The van der Waals surface area contributed by atoms with Gasteiger partial charge in [0.05, 0.1) is 0 Å².